The number of rotatable bonds is 6. The van der Waals surface area contributed by atoms with Crippen molar-refractivity contribution < 1.29 is 8.91 Å². The standard InChI is InChI=1S/C21H19FN6O2/c22-10-13(11-23)12-28-21(29)27-7-6-16(9-18(27)25-28)15-2-1-3-17(8-15)19-24-20(30-26-19)14-4-5-14/h1-3,6-10,14H,4-5,11-12,23H2/b13-10+. The Bertz CT molecular complexity index is 1310. The van der Waals surface area contributed by atoms with E-state index in [2.05, 4.69) is 15.2 Å². The van der Waals surface area contributed by atoms with Crippen molar-refractivity contribution in [2.45, 2.75) is 25.3 Å². The fourth-order valence-corrected chi connectivity index (χ4v) is 3.32. The van der Waals surface area contributed by atoms with Crippen LogP contribution in [-0.4, -0.2) is 30.9 Å². The number of hydrogen-bond donors (Lipinski definition) is 1. The molecule has 0 radical (unpaired) electrons. The van der Waals surface area contributed by atoms with Crippen molar-refractivity contribution in [3.63, 3.8) is 0 Å². The molecule has 0 unspecified atom stereocenters. The van der Waals surface area contributed by atoms with E-state index < -0.39 is 0 Å². The fraction of sp³-hybridized carbons (Fsp3) is 0.238. The van der Waals surface area contributed by atoms with Crippen LogP contribution in [0.25, 0.3) is 28.2 Å². The van der Waals surface area contributed by atoms with Crippen LogP contribution in [-0.2, 0) is 6.54 Å². The molecule has 1 fully saturated rings. The minimum absolute atomic E-state index is 0.0134. The molecule has 3 heterocycles. The minimum atomic E-state index is -0.350. The lowest BCUT2D eigenvalue weighted by molar-refractivity contribution is 0.380. The number of hydrogen-bond acceptors (Lipinski definition) is 6. The van der Waals surface area contributed by atoms with Gasteiger partial charge in [0, 0.05) is 24.2 Å². The number of fused-ring (bicyclic) bond motifs is 1. The molecular weight excluding hydrogens is 387 g/mol. The van der Waals surface area contributed by atoms with Crippen LogP contribution in [0.4, 0.5) is 4.39 Å². The van der Waals surface area contributed by atoms with Gasteiger partial charge in [-0.15, -0.1) is 5.10 Å². The van der Waals surface area contributed by atoms with Crippen LogP contribution in [0.15, 0.2) is 63.8 Å². The molecule has 0 saturated heterocycles. The van der Waals surface area contributed by atoms with Crippen molar-refractivity contribution >= 4 is 5.65 Å². The molecule has 1 aromatic carbocycles. The lowest BCUT2D eigenvalue weighted by Gasteiger charge is -2.03. The summed E-state index contributed by atoms with van der Waals surface area (Å²) in [5.41, 5.74) is 8.56. The van der Waals surface area contributed by atoms with Gasteiger partial charge in [-0.2, -0.15) is 4.98 Å². The highest BCUT2D eigenvalue weighted by Gasteiger charge is 2.29. The Balaban J connectivity index is 1.49. The summed E-state index contributed by atoms with van der Waals surface area (Å²) < 4.78 is 20.8. The van der Waals surface area contributed by atoms with Crippen LogP contribution < -0.4 is 11.4 Å². The minimum Gasteiger partial charge on any atom is -0.339 e. The smallest absolute Gasteiger partial charge is 0.339 e. The molecule has 8 nitrogen and oxygen atoms in total. The monoisotopic (exact) mass is 406 g/mol. The first kappa shape index (κ1) is 18.4. The number of nitrogens with two attached hydrogens (primary N) is 1. The normalized spacial score (nSPS) is 14.5. The van der Waals surface area contributed by atoms with Crippen molar-refractivity contribution in [2.75, 3.05) is 6.54 Å². The molecule has 0 atom stereocenters. The Kier molecular flexibility index (Phi) is 4.51. The van der Waals surface area contributed by atoms with Gasteiger partial charge >= 0.3 is 5.69 Å². The van der Waals surface area contributed by atoms with E-state index in [1.54, 1.807) is 6.20 Å². The Morgan fingerprint density at radius 2 is 2.03 bits per heavy atom. The molecule has 0 spiro atoms. The van der Waals surface area contributed by atoms with Gasteiger partial charge in [0.1, 0.15) is 0 Å². The molecule has 4 aromatic rings. The molecule has 30 heavy (non-hydrogen) atoms. The van der Waals surface area contributed by atoms with E-state index in [1.165, 1.54) is 9.08 Å². The summed E-state index contributed by atoms with van der Waals surface area (Å²) in [5, 5.41) is 8.41. The third-order valence-corrected chi connectivity index (χ3v) is 5.18. The quantitative estimate of drug-likeness (QED) is 0.528. The fourth-order valence-electron chi connectivity index (χ4n) is 3.32. The van der Waals surface area contributed by atoms with Crippen molar-refractivity contribution in [1.82, 2.24) is 24.3 Å². The summed E-state index contributed by atoms with van der Waals surface area (Å²) in [4.78, 5) is 17.0. The molecule has 1 aliphatic carbocycles. The van der Waals surface area contributed by atoms with Gasteiger partial charge in [-0.1, -0.05) is 23.4 Å². The third-order valence-electron chi connectivity index (χ3n) is 5.18. The highest BCUT2D eigenvalue weighted by Crippen LogP contribution is 2.39. The molecule has 1 saturated carbocycles. The molecule has 0 bridgehead atoms. The average Bonchev–Trinajstić information content (AvgIpc) is 3.43. The van der Waals surface area contributed by atoms with Crippen molar-refractivity contribution in [3.05, 3.63) is 70.9 Å². The third kappa shape index (κ3) is 3.33. The summed E-state index contributed by atoms with van der Waals surface area (Å²) in [6, 6.07) is 11.4. The zero-order valence-electron chi connectivity index (χ0n) is 16.0. The predicted octanol–water partition coefficient (Wildman–Crippen LogP) is 2.90. The maximum Gasteiger partial charge on any atom is 0.350 e. The molecule has 3 aromatic heterocycles. The van der Waals surface area contributed by atoms with Crippen LogP contribution in [0.3, 0.4) is 0 Å². The Morgan fingerprint density at radius 3 is 2.80 bits per heavy atom. The van der Waals surface area contributed by atoms with Crippen molar-refractivity contribution in [3.8, 4) is 22.5 Å². The van der Waals surface area contributed by atoms with E-state index in [9.17, 15) is 9.18 Å². The van der Waals surface area contributed by atoms with Gasteiger partial charge in [0.2, 0.25) is 11.7 Å². The Labute approximate surface area is 170 Å². The second-order valence-corrected chi connectivity index (χ2v) is 7.37. The first-order chi connectivity index (χ1) is 14.7. The largest absolute Gasteiger partial charge is 0.350 e. The zero-order chi connectivity index (χ0) is 20.7. The van der Waals surface area contributed by atoms with Crippen LogP contribution in [0.2, 0.25) is 0 Å². The van der Waals surface area contributed by atoms with Crippen LogP contribution in [0.1, 0.15) is 24.7 Å². The van der Waals surface area contributed by atoms with Gasteiger partial charge in [-0.25, -0.2) is 13.9 Å². The Hall–Kier alpha value is -3.59. The topological polar surface area (TPSA) is 104 Å². The zero-order valence-corrected chi connectivity index (χ0v) is 16.0. The molecule has 0 amide bonds. The molecule has 9 heteroatoms. The summed E-state index contributed by atoms with van der Waals surface area (Å²) >= 11 is 0. The first-order valence-electron chi connectivity index (χ1n) is 9.68. The van der Waals surface area contributed by atoms with Gasteiger partial charge in [-0.3, -0.25) is 4.40 Å². The molecule has 152 valence electrons. The van der Waals surface area contributed by atoms with Gasteiger partial charge in [0.15, 0.2) is 5.65 Å². The van der Waals surface area contributed by atoms with E-state index in [0.29, 0.717) is 35.2 Å². The van der Waals surface area contributed by atoms with Gasteiger partial charge in [-0.05, 0) is 47.7 Å². The van der Waals surface area contributed by atoms with E-state index in [-0.39, 0.29) is 18.8 Å². The highest BCUT2D eigenvalue weighted by molar-refractivity contribution is 5.72. The van der Waals surface area contributed by atoms with Crippen LogP contribution in [0, 0.1) is 0 Å². The summed E-state index contributed by atoms with van der Waals surface area (Å²) in [5.74, 6) is 1.66. The summed E-state index contributed by atoms with van der Waals surface area (Å²) in [6.07, 6.45) is 4.27. The summed E-state index contributed by atoms with van der Waals surface area (Å²) in [6.45, 7) is 0.0346. The van der Waals surface area contributed by atoms with Crippen molar-refractivity contribution in [1.29, 1.82) is 0 Å². The van der Waals surface area contributed by atoms with E-state index in [0.717, 1.165) is 29.5 Å². The molecular formula is C21H19FN6O2. The van der Waals surface area contributed by atoms with Crippen molar-refractivity contribution in [2.24, 2.45) is 5.73 Å². The molecule has 0 aliphatic heterocycles. The highest BCUT2D eigenvalue weighted by atomic mass is 19.1. The number of pyridine rings is 1. The van der Waals surface area contributed by atoms with E-state index in [1.807, 2.05) is 36.4 Å². The number of halogens is 1. The average molecular weight is 406 g/mol. The molecule has 5 rings (SSSR count). The predicted molar refractivity (Wildman–Crippen MR) is 108 cm³/mol. The van der Waals surface area contributed by atoms with E-state index >= 15 is 0 Å². The second kappa shape index (κ2) is 7.34. The summed E-state index contributed by atoms with van der Waals surface area (Å²) in [7, 11) is 0. The maximum absolute atomic E-state index is 12.8. The molecule has 1 aliphatic rings. The van der Waals surface area contributed by atoms with Crippen LogP contribution >= 0.6 is 0 Å². The SMILES string of the molecule is NC/C(=C\F)Cn1nc2cc(-c3cccc(-c4noc(C5CC5)n4)c3)ccn2c1=O. The Morgan fingerprint density at radius 1 is 1.23 bits per heavy atom. The second-order valence-electron chi connectivity index (χ2n) is 7.37. The number of nitrogens with zero attached hydrogens (tertiary/aromatic N) is 5. The molecule has 2 N–H and O–H groups in total. The lowest BCUT2D eigenvalue weighted by atomic mass is 10.0. The van der Waals surface area contributed by atoms with Crippen LogP contribution in [0.5, 0.6) is 0 Å². The van der Waals surface area contributed by atoms with Gasteiger partial charge in [0.05, 0.1) is 12.9 Å². The number of aromatic nitrogens is 5. The number of benzene rings is 1. The lowest BCUT2D eigenvalue weighted by Crippen LogP contribution is -2.23. The first-order valence-corrected chi connectivity index (χ1v) is 9.68. The van der Waals surface area contributed by atoms with E-state index in [4.69, 9.17) is 10.3 Å². The maximum atomic E-state index is 12.8. The van der Waals surface area contributed by atoms with Gasteiger partial charge in [0.25, 0.3) is 0 Å². The van der Waals surface area contributed by atoms with Gasteiger partial charge < -0.3 is 10.3 Å².